The van der Waals surface area contributed by atoms with Gasteiger partial charge >= 0.3 is 0 Å². The Morgan fingerprint density at radius 1 is 1.00 bits per heavy atom. The molecule has 0 aliphatic heterocycles. The SMILES string of the molecule is Cc1ccccc1C(CO)NCC(O)c1ccccc1. The predicted octanol–water partition coefficient (Wildman–Crippen LogP) is 2.35. The fourth-order valence-corrected chi connectivity index (χ4v) is 2.30. The molecule has 0 spiro atoms. The molecular weight excluding hydrogens is 250 g/mol. The van der Waals surface area contributed by atoms with Gasteiger partial charge in [-0.2, -0.15) is 0 Å². The third-order valence-electron chi connectivity index (χ3n) is 3.49. The third kappa shape index (κ3) is 3.67. The van der Waals surface area contributed by atoms with Crippen LogP contribution in [0.5, 0.6) is 0 Å². The Kier molecular flexibility index (Phi) is 5.30. The third-order valence-corrected chi connectivity index (χ3v) is 3.49. The van der Waals surface area contributed by atoms with Crippen LogP contribution in [0, 0.1) is 6.92 Å². The predicted molar refractivity (Wildman–Crippen MR) is 80.4 cm³/mol. The molecule has 0 bridgehead atoms. The summed E-state index contributed by atoms with van der Waals surface area (Å²) in [7, 11) is 0. The van der Waals surface area contributed by atoms with Gasteiger partial charge in [0.05, 0.1) is 18.8 Å². The van der Waals surface area contributed by atoms with Crippen molar-refractivity contribution in [1.29, 1.82) is 0 Å². The molecule has 0 heterocycles. The number of rotatable bonds is 6. The molecule has 0 saturated heterocycles. The summed E-state index contributed by atoms with van der Waals surface area (Å²) in [6.07, 6.45) is -0.575. The number of aryl methyl sites for hydroxylation is 1. The monoisotopic (exact) mass is 271 g/mol. The molecule has 0 saturated carbocycles. The summed E-state index contributed by atoms with van der Waals surface area (Å²) in [5.41, 5.74) is 3.07. The molecule has 3 N–H and O–H groups in total. The fraction of sp³-hybridized carbons (Fsp3) is 0.294. The minimum Gasteiger partial charge on any atom is -0.394 e. The quantitative estimate of drug-likeness (QED) is 0.756. The summed E-state index contributed by atoms with van der Waals surface area (Å²) >= 11 is 0. The summed E-state index contributed by atoms with van der Waals surface area (Å²) in [6.45, 7) is 2.43. The van der Waals surface area contributed by atoms with E-state index in [2.05, 4.69) is 5.32 Å². The van der Waals surface area contributed by atoms with Crippen LogP contribution in [0.3, 0.4) is 0 Å². The van der Waals surface area contributed by atoms with Crippen molar-refractivity contribution in [3.05, 3.63) is 71.3 Å². The van der Waals surface area contributed by atoms with Gasteiger partial charge in [0.15, 0.2) is 0 Å². The first-order chi connectivity index (χ1) is 9.72. The average molecular weight is 271 g/mol. The van der Waals surface area contributed by atoms with Crippen molar-refractivity contribution < 1.29 is 10.2 Å². The summed E-state index contributed by atoms with van der Waals surface area (Å²) in [5, 5.41) is 22.9. The van der Waals surface area contributed by atoms with E-state index >= 15 is 0 Å². The molecule has 0 radical (unpaired) electrons. The van der Waals surface area contributed by atoms with Crippen molar-refractivity contribution in [2.45, 2.75) is 19.1 Å². The highest BCUT2D eigenvalue weighted by Gasteiger charge is 2.14. The van der Waals surface area contributed by atoms with Crippen molar-refractivity contribution in [1.82, 2.24) is 5.32 Å². The average Bonchev–Trinajstić information content (AvgIpc) is 2.50. The van der Waals surface area contributed by atoms with Gasteiger partial charge in [-0.25, -0.2) is 0 Å². The first kappa shape index (κ1) is 14.7. The number of hydrogen-bond donors (Lipinski definition) is 3. The maximum Gasteiger partial charge on any atom is 0.0914 e. The molecule has 3 heteroatoms. The largest absolute Gasteiger partial charge is 0.394 e. The second-order valence-electron chi connectivity index (χ2n) is 4.93. The highest BCUT2D eigenvalue weighted by atomic mass is 16.3. The second-order valence-corrected chi connectivity index (χ2v) is 4.93. The molecule has 3 nitrogen and oxygen atoms in total. The molecule has 0 aliphatic carbocycles. The standard InChI is InChI=1S/C17H21NO2/c1-13-7-5-6-10-15(13)16(12-19)18-11-17(20)14-8-3-2-4-9-14/h2-10,16-20H,11-12H2,1H3. The molecular formula is C17H21NO2. The summed E-state index contributed by atoms with van der Waals surface area (Å²) in [4.78, 5) is 0. The Morgan fingerprint density at radius 3 is 2.30 bits per heavy atom. The van der Waals surface area contributed by atoms with Gasteiger partial charge in [0.2, 0.25) is 0 Å². The lowest BCUT2D eigenvalue weighted by Crippen LogP contribution is -2.29. The van der Waals surface area contributed by atoms with Crippen LogP contribution in [0.2, 0.25) is 0 Å². The number of hydrogen-bond acceptors (Lipinski definition) is 3. The van der Waals surface area contributed by atoms with Crippen molar-refractivity contribution in [2.75, 3.05) is 13.2 Å². The first-order valence-electron chi connectivity index (χ1n) is 6.85. The molecule has 2 atom stereocenters. The van der Waals surface area contributed by atoms with Crippen LogP contribution in [0.1, 0.15) is 28.8 Å². The Labute approximate surface area is 119 Å². The van der Waals surface area contributed by atoms with E-state index in [0.717, 1.165) is 16.7 Å². The summed E-state index contributed by atoms with van der Waals surface area (Å²) in [6, 6.07) is 17.3. The van der Waals surface area contributed by atoms with E-state index in [1.165, 1.54) is 0 Å². The summed E-state index contributed by atoms with van der Waals surface area (Å²) < 4.78 is 0. The van der Waals surface area contributed by atoms with Crippen LogP contribution >= 0.6 is 0 Å². The second kappa shape index (κ2) is 7.20. The van der Waals surface area contributed by atoms with Gasteiger partial charge in [0, 0.05) is 6.54 Å². The van der Waals surface area contributed by atoms with Crippen LogP contribution in [-0.4, -0.2) is 23.4 Å². The van der Waals surface area contributed by atoms with Gasteiger partial charge in [-0.3, -0.25) is 0 Å². The zero-order chi connectivity index (χ0) is 14.4. The maximum absolute atomic E-state index is 10.1. The van der Waals surface area contributed by atoms with Crippen LogP contribution in [-0.2, 0) is 0 Å². The van der Waals surface area contributed by atoms with Gasteiger partial charge in [-0.15, -0.1) is 0 Å². The van der Waals surface area contributed by atoms with Gasteiger partial charge in [0.25, 0.3) is 0 Å². The fourth-order valence-electron chi connectivity index (χ4n) is 2.30. The Morgan fingerprint density at radius 2 is 1.65 bits per heavy atom. The number of benzene rings is 2. The van der Waals surface area contributed by atoms with Crippen molar-refractivity contribution in [2.24, 2.45) is 0 Å². The van der Waals surface area contributed by atoms with E-state index in [0.29, 0.717) is 6.54 Å². The highest BCUT2D eigenvalue weighted by Crippen LogP contribution is 2.18. The lowest BCUT2D eigenvalue weighted by Gasteiger charge is -2.21. The zero-order valence-corrected chi connectivity index (χ0v) is 11.7. The van der Waals surface area contributed by atoms with Crippen LogP contribution in [0.25, 0.3) is 0 Å². The molecule has 2 aromatic carbocycles. The molecule has 0 aromatic heterocycles. The Balaban J connectivity index is 2.00. The topological polar surface area (TPSA) is 52.5 Å². The van der Waals surface area contributed by atoms with E-state index in [-0.39, 0.29) is 12.6 Å². The first-order valence-corrected chi connectivity index (χ1v) is 6.85. The molecule has 0 aliphatic rings. The molecule has 106 valence electrons. The van der Waals surface area contributed by atoms with Crippen LogP contribution in [0.4, 0.5) is 0 Å². The van der Waals surface area contributed by atoms with E-state index in [1.54, 1.807) is 0 Å². The number of aliphatic hydroxyl groups excluding tert-OH is 2. The minimum absolute atomic E-state index is 0.00631. The number of nitrogens with one attached hydrogen (secondary N) is 1. The molecule has 2 unspecified atom stereocenters. The maximum atomic E-state index is 10.1. The van der Waals surface area contributed by atoms with E-state index in [1.807, 2.05) is 61.5 Å². The lowest BCUT2D eigenvalue weighted by atomic mass is 10.0. The van der Waals surface area contributed by atoms with E-state index in [4.69, 9.17) is 0 Å². The van der Waals surface area contributed by atoms with E-state index in [9.17, 15) is 10.2 Å². The van der Waals surface area contributed by atoms with Crippen LogP contribution < -0.4 is 5.32 Å². The zero-order valence-electron chi connectivity index (χ0n) is 11.7. The smallest absolute Gasteiger partial charge is 0.0914 e. The van der Waals surface area contributed by atoms with Gasteiger partial charge in [-0.1, -0.05) is 54.6 Å². The van der Waals surface area contributed by atoms with Crippen molar-refractivity contribution >= 4 is 0 Å². The Bertz CT molecular complexity index is 528. The summed E-state index contributed by atoms with van der Waals surface area (Å²) in [5.74, 6) is 0. The van der Waals surface area contributed by atoms with Crippen molar-refractivity contribution in [3.63, 3.8) is 0 Å². The van der Waals surface area contributed by atoms with Gasteiger partial charge in [0.1, 0.15) is 0 Å². The molecule has 0 amide bonds. The molecule has 20 heavy (non-hydrogen) atoms. The lowest BCUT2D eigenvalue weighted by molar-refractivity contribution is 0.159. The normalized spacial score (nSPS) is 13.9. The van der Waals surface area contributed by atoms with Gasteiger partial charge < -0.3 is 15.5 Å². The van der Waals surface area contributed by atoms with Gasteiger partial charge in [-0.05, 0) is 23.6 Å². The molecule has 2 aromatic rings. The van der Waals surface area contributed by atoms with Crippen molar-refractivity contribution in [3.8, 4) is 0 Å². The Hall–Kier alpha value is -1.68. The highest BCUT2D eigenvalue weighted by molar-refractivity contribution is 5.29. The molecule has 0 fully saturated rings. The molecule has 2 rings (SSSR count). The van der Waals surface area contributed by atoms with E-state index < -0.39 is 6.10 Å². The number of aliphatic hydroxyl groups is 2. The van der Waals surface area contributed by atoms with Crippen LogP contribution in [0.15, 0.2) is 54.6 Å². The minimum atomic E-state index is -0.575.